The number of carbonyl (C=O) groups is 1. The van der Waals surface area contributed by atoms with Crippen LogP contribution in [0.2, 0.25) is 0 Å². The predicted octanol–water partition coefficient (Wildman–Crippen LogP) is 2.22. The molecule has 1 saturated carbocycles. The van der Waals surface area contributed by atoms with Crippen LogP contribution in [-0.2, 0) is 0 Å². The molecule has 1 fully saturated rings. The maximum atomic E-state index is 12.1. The van der Waals surface area contributed by atoms with Crippen molar-refractivity contribution in [3.8, 4) is 0 Å². The van der Waals surface area contributed by atoms with E-state index in [9.17, 15) is 4.79 Å². The maximum absolute atomic E-state index is 12.1. The van der Waals surface area contributed by atoms with Gasteiger partial charge in [-0.15, -0.1) is 0 Å². The van der Waals surface area contributed by atoms with Crippen molar-refractivity contribution >= 4 is 6.03 Å². The molecule has 2 N–H and O–H groups in total. The van der Waals surface area contributed by atoms with Crippen LogP contribution in [0.4, 0.5) is 4.79 Å². The largest absolute Gasteiger partial charge is 0.395 e. The number of amides is 2. The maximum Gasteiger partial charge on any atom is 0.317 e. The summed E-state index contributed by atoms with van der Waals surface area (Å²) >= 11 is 0. The van der Waals surface area contributed by atoms with Crippen LogP contribution in [0.5, 0.6) is 0 Å². The minimum Gasteiger partial charge on any atom is -0.395 e. The van der Waals surface area contributed by atoms with Crippen molar-refractivity contribution in [1.82, 2.24) is 10.2 Å². The summed E-state index contributed by atoms with van der Waals surface area (Å²) in [6.07, 6.45) is 4.80. The monoisotopic (exact) mass is 256 g/mol. The second kappa shape index (κ2) is 7.62. The fourth-order valence-corrected chi connectivity index (χ4v) is 2.91. The van der Waals surface area contributed by atoms with Gasteiger partial charge < -0.3 is 15.3 Å². The molecule has 4 nitrogen and oxygen atoms in total. The van der Waals surface area contributed by atoms with Crippen molar-refractivity contribution < 1.29 is 9.90 Å². The Bertz CT molecular complexity index is 256. The lowest BCUT2D eigenvalue weighted by atomic mass is 9.78. The van der Waals surface area contributed by atoms with Crippen LogP contribution >= 0.6 is 0 Å². The standard InChI is InChI=1S/C14H28N2O2/c1-4-16(9-10-17)14(18)15-13-8-6-5-7-12(13)11(2)3/h11-13,17H,4-10H2,1-3H3,(H,15,18). The molecule has 1 rings (SSSR count). The summed E-state index contributed by atoms with van der Waals surface area (Å²) in [5.41, 5.74) is 0. The summed E-state index contributed by atoms with van der Waals surface area (Å²) in [6.45, 7) is 7.50. The van der Waals surface area contributed by atoms with E-state index in [1.165, 1.54) is 19.3 Å². The zero-order valence-corrected chi connectivity index (χ0v) is 12.0. The highest BCUT2D eigenvalue weighted by atomic mass is 16.3. The molecular weight excluding hydrogens is 228 g/mol. The molecule has 18 heavy (non-hydrogen) atoms. The molecule has 106 valence electrons. The summed E-state index contributed by atoms with van der Waals surface area (Å²) in [4.78, 5) is 13.8. The van der Waals surface area contributed by atoms with Gasteiger partial charge in [0, 0.05) is 19.1 Å². The molecule has 0 bridgehead atoms. The van der Waals surface area contributed by atoms with E-state index in [0.29, 0.717) is 31.0 Å². The van der Waals surface area contributed by atoms with Gasteiger partial charge in [-0.3, -0.25) is 0 Å². The summed E-state index contributed by atoms with van der Waals surface area (Å²) in [7, 11) is 0. The summed E-state index contributed by atoms with van der Waals surface area (Å²) in [5.74, 6) is 1.21. The molecule has 4 heteroatoms. The third-order valence-corrected chi connectivity index (χ3v) is 4.02. The molecule has 0 saturated heterocycles. The molecule has 2 amide bonds. The number of rotatable bonds is 5. The van der Waals surface area contributed by atoms with Crippen LogP contribution in [-0.4, -0.2) is 41.8 Å². The number of likely N-dealkylation sites (N-methyl/N-ethyl adjacent to an activating group) is 1. The number of nitrogens with one attached hydrogen (secondary N) is 1. The van der Waals surface area contributed by atoms with Gasteiger partial charge in [-0.2, -0.15) is 0 Å². The van der Waals surface area contributed by atoms with Crippen molar-refractivity contribution in [3.05, 3.63) is 0 Å². The summed E-state index contributed by atoms with van der Waals surface area (Å²) in [6, 6.07) is 0.281. The van der Waals surface area contributed by atoms with Crippen molar-refractivity contribution in [2.24, 2.45) is 11.8 Å². The Kier molecular flexibility index (Phi) is 6.47. The Hall–Kier alpha value is -0.770. The fraction of sp³-hybridized carbons (Fsp3) is 0.929. The average Bonchev–Trinajstić information content (AvgIpc) is 2.36. The molecule has 1 aliphatic rings. The van der Waals surface area contributed by atoms with Crippen LogP contribution in [0, 0.1) is 11.8 Å². The Balaban J connectivity index is 2.54. The van der Waals surface area contributed by atoms with Gasteiger partial charge in [0.1, 0.15) is 0 Å². The third-order valence-electron chi connectivity index (χ3n) is 4.02. The molecular formula is C14H28N2O2. The second-order valence-corrected chi connectivity index (χ2v) is 5.55. The molecule has 2 atom stereocenters. The number of hydrogen-bond acceptors (Lipinski definition) is 2. The molecule has 0 radical (unpaired) electrons. The van der Waals surface area contributed by atoms with Gasteiger partial charge >= 0.3 is 6.03 Å². The van der Waals surface area contributed by atoms with E-state index < -0.39 is 0 Å². The minimum absolute atomic E-state index is 0.0240. The Morgan fingerprint density at radius 2 is 2.06 bits per heavy atom. The molecule has 0 spiro atoms. The number of carbonyl (C=O) groups excluding carboxylic acids is 1. The Labute approximate surface area is 111 Å². The first-order valence-corrected chi connectivity index (χ1v) is 7.26. The van der Waals surface area contributed by atoms with Crippen molar-refractivity contribution in [2.45, 2.75) is 52.5 Å². The van der Waals surface area contributed by atoms with E-state index in [4.69, 9.17) is 5.11 Å². The lowest BCUT2D eigenvalue weighted by Gasteiger charge is -2.36. The lowest BCUT2D eigenvalue weighted by molar-refractivity contribution is 0.158. The van der Waals surface area contributed by atoms with Crippen LogP contribution < -0.4 is 5.32 Å². The first kappa shape index (κ1) is 15.3. The van der Waals surface area contributed by atoms with Gasteiger partial charge in [-0.25, -0.2) is 4.79 Å². The van der Waals surface area contributed by atoms with E-state index in [1.54, 1.807) is 4.90 Å². The number of nitrogens with zero attached hydrogens (tertiary/aromatic N) is 1. The first-order chi connectivity index (χ1) is 8.60. The molecule has 1 aliphatic carbocycles. The van der Waals surface area contributed by atoms with Gasteiger partial charge in [-0.1, -0.05) is 26.7 Å². The Morgan fingerprint density at radius 1 is 1.39 bits per heavy atom. The number of aliphatic hydroxyl groups excluding tert-OH is 1. The van der Waals surface area contributed by atoms with Gasteiger partial charge in [0.25, 0.3) is 0 Å². The normalized spacial score (nSPS) is 24.1. The molecule has 0 heterocycles. The topological polar surface area (TPSA) is 52.6 Å². The van der Waals surface area contributed by atoms with Crippen molar-refractivity contribution in [1.29, 1.82) is 0 Å². The van der Waals surface area contributed by atoms with Crippen LogP contribution in [0.25, 0.3) is 0 Å². The van der Waals surface area contributed by atoms with E-state index in [2.05, 4.69) is 19.2 Å². The highest BCUT2D eigenvalue weighted by Crippen LogP contribution is 2.30. The number of urea groups is 1. The number of hydrogen-bond donors (Lipinski definition) is 2. The van der Waals surface area contributed by atoms with Gasteiger partial charge in [-0.05, 0) is 31.6 Å². The fourth-order valence-electron chi connectivity index (χ4n) is 2.91. The van der Waals surface area contributed by atoms with Crippen molar-refractivity contribution in [2.75, 3.05) is 19.7 Å². The lowest BCUT2D eigenvalue weighted by Crippen LogP contribution is -2.50. The van der Waals surface area contributed by atoms with Crippen LogP contribution in [0.1, 0.15) is 46.5 Å². The van der Waals surface area contributed by atoms with E-state index in [0.717, 1.165) is 6.42 Å². The SMILES string of the molecule is CCN(CCO)C(=O)NC1CCCCC1C(C)C. The molecule has 2 unspecified atom stereocenters. The Morgan fingerprint density at radius 3 is 2.61 bits per heavy atom. The summed E-state index contributed by atoms with van der Waals surface area (Å²) in [5, 5.41) is 12.1. The van der Waals surface area contributed by atoms with E-state index >= 15 is 0 Å². The average molecular weight is 256 g/mol. The highest BCUT2D eigenvalue weighted by molar-refractivity contribution is 5.74. The van der Waals surface area contributed by atoms with E-state index in [1.807, 2.05) is 6.92 Å². The van der Waals surface area contributed by atoms with Crippen LogP contribution in [0.3, 0.4) is 0 Å². The first-order valence-electron chi connectivity index (χ1n) is 7.26. The molecule has 0 aromatic carbocycles. The summed E-state index contributed by atoms with van der Waals surface area (Å²) < 4.78 is 0. The highest BCUT2D eigenvalue weighted by Gasteiger charge is 2.29. The number of aliphatic hydroxyl groups is 1. The van der Waals surface area contributed by atoms with Crippen LogP contribution in [0.15, 0.2) is 0 Å². The zero-order chi connectivity index (χ0) is 13.5. The smallest absolute Gasteiger partial charge is 0.317 e. The van der Waals surface area contributed by atoms with Gasteiger partial charge in [0.2, 0.25) is 0 Å². The minimum atomic E-state index is -0.0240. The van der Waals surface area contributed by atoms with E-state index in [-0.39, 0.29) is 12.6 Å². The van der Waals surface area contributed by atoms with Crippen molar-refractivity contribution in [3.63, 3.8) is 0 Å². The quantitative estimate of drug-likeness (QED) is 0.792. The van der Waals surface area contributed by atoms with Gasteiger partial charge in [0.05, 0.1) is 6.61 Å². The zero-order valence-electron chi connectivity index (χ0n) is 12.0. The molecule has 0 aromatic rings. The molecule has 0 aliphatic heterocycles. The second-order valence-electron chi connectivity index (χ2n) is 5.55. The molecule has 0 aromatic heterocycles. The third kappa shape index (κ3) is 4.16. The van der Waals surface area contributed by atoms with Gasteiger partial charge in [0.15, 0.2) is 0 Å². The predicted molar refractivity (Wildman–Crippen MR) is 73.4 cm³/mol.